The molecule has 0 bridgehead atoms. The third-order valence-electron chi connectivity index (χ3n) is 1.72. The number of aromatic amines is 1. The van der Waals surface area contributed by atoms with Crippen molar-refractivity contribution in [2.45, 2.75) is 11.5 Å². The molecular weight excluding hydrogens is 286 g/mol. The summed E-state index contributed by atoms with van der Waals surface area (Å²) in [6.07, 6.45) is -3.12. The SMILES string of the molecule is O=c1c([N+](=O)[O-])c[nH]c(S(=O)(=O)Cl)c1C(F)F. The van der Waals surface area contributed by atoms with Gasteiger partial charge in [-0.25, -0.2) is 17.2 Å². The van der Waals surface area contributed by atoms with Crippen molar-refractivity contribution in [3.05, 3.63) is 32.1 Å². The van der Waals surface area contributed by atoms with Crippen LogP contribution in [0.4, 0.5) is 14.5 Å². The molecule has 0 atom stereocenters. The Kier molecular flexibility index (Phi) is 3.48. The molecule has 0 saturated carbocycles. The zero-order valence-electron chi connectivity index (χ0n) is 7.69. The highest BCUT2D eigenvalue weighted by atomic mass is 35.7. The van der Waals surface area contributed by atoms with Crippen LogP contribution >= 0.6 is 10.7 Å². The van der Waals surface area contributed by atoms with Gasteiger partial charge in [-0.05, 0) is 0 Å². The normalized spacial score (nSPS) is 11.8. The number of alkyl halides is 2. The first-order valence-corrected chi connectivity index (χ1v) is 6.10. The van der Waals surface area contributed by atoms with Crippen LogP contribution in [-0.2, 0) is 9.05 Å². The molecule has 1 rings (SSSR count). The van der Waals surface area contributed by atoms with Gasteiger partial charge in [-0.15, -0.1) is 0 Å². The Morgan fingerprint density at radius 2 is 2.00 bits per heavy atom. The van der Waals surface area contributed by atoms with E-state index in [4.69, 9.17) is 10.7 Å². The summed E-state index contributed by atoms with van der Waals surface area (Å²) in [6.45, 7) is 0. The van der Waals surface area contributed by atoms with E-state index in [0.29, 0.717) is 6.20 Å². The molecule has 94 valence electrons. The highest BCUT2D eigenvalue weighted by Crippen LogP contribution is 2.25. The number of aromatic nitrogens is 1. The number of hydrogen-bond donors (Lipinski definition) is 1. The summed E-state index contributed by atoms with van der Waals surface area (Å²) in [5.41, 5.74) is -4.43. The van der Waals surface area contributed by atoms with E-state index in [9.17, 15) is 32.1 Å². The molecular formula is C6H3ClF2N2O5S. The molecule has 17 heavy (non-hydrogen) atoms. The summed E-state index contributed by atoms with van der Waals surface area (Å²) >= 11 is 0. The molecule has 0 unspecified atom stereocenters. The maximum Gasteiger partial charge on any atom is 0.332 e. The molecule has 0 aliphatic rings. The lowest BCUT2D eigenvalue weighted by molar-refractivity contribution is -0.386. The standard InChI is InChI=1S/C6H3ClF2N2O5S/c7-17(15,16)6-3(5(8)9)4(12)2(1-10-6)11(13)14/h1,5H,(H,10,12). The van der Waals surface area contributed by atoms with Crippen LogP contribution in [0.1, 0.15) is 12.0 Å². The number of halogens is 3. The third-order valence-corrected chi connectivity index (χ3v) is 3.01. The lowest BCUT2D eigenvalue weighted by atomic mass is 10.2. The number of H-pyrrole nitrogens is 1. The van der Waals surface area contributed by atoms with E-state index in [-0.39, 0.29) is 0 Å². The summed E-state index contributed by atoms with van der Waals surface area (Å²) in [5.74, 6) is 0. The fourth-order valence-corrected chi connectivity index (χ4v) is 2.08. The Morgan fingerprint density at radius 3 is 2.35 bits per heavy atom. The molecule has 0 saturated heterocycles. The molecule has 0 aromatic carbocycles. The first-order chi connectivity index (χ1) is 7.66. The Labute approximate surface area is 96.6 Å². The molecule has 11 heteroatoms. The molecule has 0 amide bonds. The quantitative estimate of drug-likeness (QED) is 0.509. The molecule has 1 aromatic heterocycles. The Balaban J connectivity index is 3.76. The van der Waals surface area contributed by atoms with Crippen LogP contribution in [0, 0.1) is 10.1 Å². The van der Waals surface area contributed by atoms with Crippen LogP contribution < -0.4 is 5.43 Å². The van der Waals surface area contributed by atoms with Crippen molar-refractivity contribution in [3.63, 3.8) is 0 Å². The lowest BCUT2D eigenvalue weighted by Gasteiger charge is -2.04. The van der Waals surface area contributed by atoms with Gasteiger partial charge in [0.1, 0.15) is 5.56 Å². The van der Waals surface area contributed by atoms with Gasteiger partial charge in [-0.3, -0.25) is 14.9 Å². The molecule has 1 N–H and O–H groups in total. The monoisotopic (exact) mass is 288 g/mol. The molecule has 0 aliphatic heterocycles. The first-order valence-electron chi connectivity index (χ1n) is 3.79. The maximum atomic E-state index is 12.5. The lowest BCUT2D eigenvalue weighted by Crippen LogP contribution is -2.19. The second-order valence-electron chi connectivity index (χ2n) is 2.74. The van der Waals surface area contributed by atoms with Crippen molar-refractivity contribution in [1.29, 1.82) is 0 Å². The van der Waals surface area contributed by atoms with Crippen molar-refractivity contribution >= 4 is 25.4 Å². The second kappa shape index (κ2) is 4.37. The van der Waals surface area contributed by atoms with Crippen LogP contribution in [0.3, 0.4) is 0 Å². The molecule has 1 aromatic rings. The molecule has 7 nitrogen and oxygen atoms in total. The van der Waals surface area contributed by atoms with Crippen LogP contribution in [0.15, 0.2) is 16.0 Å². The third kappa shape index (κ3) is 2.58. The number of hydrogen-bond acceptors (Lipinski definition) is 5. The highest BCUT2D eigenvalue weighted by molar-refractivity contribution is 8.13. The van der Waals surface area contributed by atoms with Crippen LogP contribution in [0.2, 0.25) is 0 Å². The summed E-state index contributed by atoms with van der Waals surface area (Å²) in [6, 6.07) is 0. The average Bonchev–Trinajstić information content (AvgIpc) is 2.14. The molecule has 0 fully saturated rings. The van der Waals surface area contributed by atoms with Crippen LogP contribution in [0.25, 0.3) is 0 Å². The Bertz CT molecular complexity index is 626. The second-order valence-corrected chi connectivity index (χ2v) is 5.24. The molecule has 1 heterocycles. The summed E-state index contributed by atoms with van der Waals surface area (Å²) in [4.78, 5) is 22.1. The number of rotatable bonds is 3. The summed E-state index contributed by atoms with van der Waals surface area (Å²) in [7, 11) is 0.181. The van der Waals surface area contributed by atoms with Crippen molar-refractivity contribution in [2.75, 3.05) is 0 Å². The van der Waals surface area contributed by atoms with Gasteiger partial charge in [0, 0.05) is 10.7 Å². The smallest absolute Gasteiger partial charge is 0.332 e. The van der Waals surface area contributed by atoms with Gasteiger partial charge >= 0.3 is 5.69 Å². The van der Waals surface area contributed by atoms with Gasteiger partial charge in [0.15, 0.2) is 5.03 Å². The van der Waals surface area contributed by atoms with E-state index in [1.54, 1.807) is 4.98 Å². The predicted octanol–water partition coefficient (Wildman–Crippen LogP) is 1.15. The molecule has 0 spiro atoms. The molecule has 0 radical (unpaired) electrons. The van der Waals surface area contributed by atoms with Crippen LogP contribution in [0.5, 0.6) is 0 Å². The van der Waals surface area contributed by atoms with Gasteiger partial charge in [-0.1, -0.05) is 0 Å². The van der Waals surface area contributed by atoms with E-state index >= 15 is 0 Å². The fraction of sp³-hybridized carbons (Fsp3) is 0.167. The van der Waals surface area contributed by atoms with E-state index < -0.39 is 42.1 Å². The highest BCUT2D eigenvalue weighted by Gasteiger charge is 2.30. The Hall–Kier alpha value is -1.55. The van der Waals surface area contributed by atoms with Gasteiger partial charge in [-0.2, -0.15) is 0 Å². The van der Waals surface area contributed by atoms with Crippen molar-refractivity contribution in [1.82, 2.24) is 4.98 Å². The van der Waals surface area contributed by atoms with Gasteiger partial charge in [0.05, 0.1) is 11.1 Å². The van der Waals surface area contributed by atoms with Crippen LogP contribution in [-0.4, -0.2) is 18.3 Å². The van der Waals surface area contributed by atoms with Crippen molar-refractivity contribution in [2.24, 2.45) is 0 Å². The fourth-order valence-electron chi connectivity index (χ4n) is 1.05. The number of nitro groups is 1. The van der Waals surface area contributed by atoms with Gasteiger partial charge in [0.2, 0.25) is 0 Å². The number of nitrogens with zero attached hydrogens (tertiary/aromatic N) is 1. The van der Waals surface area contributed by atoms with Crippen molar-refractivity contribution < 1.29 is 22.1 Å². The van der Waals surface area contributed by atoms with Gasteiger partial charge < -0.3 is 4.98 Å². The largest absolute Gasteiger partial charge is 0.345 e. The maximum absolute atomic E-state index is 12.5. The Morgan fingerprint density at radius 1 is 1.47 bits per heavy atom. The van der Waals surface area contributed by atoms with E-state index in [0.717, 1.165) is 0 Å². The van der Waals surface area contributed by atoms with E-state index in [2.05, 4.69) is 0 Å². The zero-order chi connectivity index (χ0) is 13.4. The zero-order valence-corrected chi connectivity index (χ0v) is 9.26. The topological polar surface area (TPSA) is 110 Å². The minimum absolute atomic E-state index is 0.392. The average molecular weight is 289 g/mol. The minimum atomic E-state index is -4.63. The number of pyridine rings is 1. The minimum Gasteiger partial charge on any atom is -0.345 e. The summed E-state index contributed by atoms with van der Waals surface area (Å²) < 4.78 is 46.8. The molecule has 0 aliphatic carbocycles. The predicted molar refractivity (Wildman–Crippen MR) is 51.7 cm³/mol. The van der Waals surface area contributed by atoms with E-state index in [1.807, 2.05) is 0 Å². The summed E-state index contributed by atoms with van der Waals surface area (Å²) in [5, 5.41) is 9.07. The van der Waals surface area contributed by atoms with Crippen molar-refractivity contribution in [3.8, 4) is 0 Å². The number of nitrogens with one attached hydrogen (secondary N) is 1. The first kappa shape index (κ1) is 13.5. The van der Waals surface area contributed by atoms with Gasteiger partial charge in [0.25, 0.3) is 20.9 Å². The van der Waals surface area contributed by atoms with E-state index in [1.165, 1.54) is 0 Å².